The van der Waals surface area contributed by atoms with Crippen LogP contribution in [-0.4, -0.2) is 41.2 Å². The summed E-state index contributed by atoms with van der Waals surface area (Å²) in [4.78, 5) is 31.5. The average molecular weight is 427 g/mol. The Kier molecular flexibility index (Phi) is 7.35. The lowest BCUT2D eigenvalue weighted by atomic mass is 9.90. The van der Waals surface area contributed by atoms with Crippen molar-refractivity contribution < 1.29 is 9.59 Å². The van der Waals surface area contributed by atoms with E-state index in [4.69, 9.17) is 0 Å². The van der Waals surface area contributed by atoms with Crippen LogP contribution in [0.3, 0.4) is 0 Å². The number of thiophene rings is 1. The van der Waals surface area contributed by atoms with Crippen LogP contribution in [0.2, 0.25) is 0 Å². The van der Waals surface area contributed by atoms with Crippen molar-refractivity contribution in [1.82, 2.24) is 9.80 Å². The Morgan fingerprint density at radius 3 is 2.53 bits per heavy atom. The lowest BCUT2D eigenvalue weighted by Crippen LogP contribution is -2.48. The molecule has 1 unspecified atom stereocenters. The second-order valence-corrected chi connectivity index (χ2v) is 9.99. The fourth-order valence-corrected chi connectivity index (χ4v) is 5.02. The predicted octanol–water partition coefficient (Wildman–Crippen LogP) is 5.06. The van der Waals surface area contributed by atoms with Gasteiger partial charge in [0, 0.05) is 23.9 Å². The zero-order valence-electron chi connectivity index (χ0n) is 18.9. The molecule has 1 atom stereocenters. The molecule has 1 aromatic carbocycles. The minimum atomic E-state index is -0.109. The summed E-state index contributed by atoms with van der Waals surface area (Å²) in [7, 11) is 0. The van der Waals surface area contributed by atoms with Crippen LogP contribution in [0.15, 0.2) is 35.7 Å². The number of carbonyl (C=O) groups excluding carboxylic acids is 2. The number of hydrogen-bond donors (Lipinski definition) is 0. The van der Waals surface area contributed by atoms with Crippen molar-refractivity contribution in [1.29, 1.82) is 0 Å². The fourth-order valence-electron chi connectivity index (χ4n) is 4.11. The summed E-state index contributed by atoms with van der Waals surface area (Å²) >= 11 is 1.77. The highest BCUT2D eigenvalue weighted by molar-refractivity contribution is 7.10. The molecule has 0 N–H and O–H groups in total. The molecule has 1 aromatic heterocycles. The van der Waals surface area contributed by atoms with Crippen molar-refractivity contribution in [2.75, 3.05) is 19.6 Å². The third-order valence-electron chi connectivity index (χ3n) is 5.88. The normalized spacial score (nSPS) is 16.1. The molecular weight excluding hydrogens is 392 g/mol. The van der Waals surface area contributed by atoms with Gasteiger partial charge in [0.1, 0.15) is 0 Å². The Morgan fingerprint density at radius 1 is 1.13 bits per heavy atom. The number of amides is 2. The van der Waals surface area contributed by atoms with Gasteiger partial charge in [0.25, 0.3) is 0 Å². The van der Waals surface area contributed by atoms with Gasteiger partial charge in [0.05, 0.1) is 12.6 Å². The molecule has 5 heteroatoms. The van der Waals surface area contributed by atoms with E-state index in [1.54, 1.807) is 16.2 Å². The summed E-state index contributed by atoms with van der Waals surface area (Å²) in [5.74, 6) is 0.482. The number of benzene rings is 1. The highest BCUT2D eigenvalue weighted by Gasteiger charge is 2.34. The Labute approximate surface area is 184 Å². The highest BCUT2D eigenvalue weighted by Crippen LogP contribution is 2.39. The Bertz CT molecular complexity index is 887. The summed E-state index contributed by atoms with van der Waals surface area (Å²) in [6.07, 6.45) is 1.78. The van der Waals surface area contributed by atoms with Crippen LogP contribution in [-0.2, 0) is 16.0 Å². The third-order valence-corrected chi connectivity index (χ3v) is 6.87. The Balaban J connectivity index is 1.89. The van der Waals surface area contributed by atoms with Gasteiger partial charge in [-0.25, -0.2) is 0 Å². The molecular formula is C25H34N2O2S. The van der Waals surface area contributed by atoms with E-state index < -0.39 is 0 Å². The summed E-state index contributed by atoms with van der Waals surface area (Å²) in [5.41, 5.74) is 3.60. The van der Waals surface area contributed by atoms with Gasteiger partial charge in [-0.1, -0.05) is 52.0 Å². The number of rotatable bonds is 7. The summed E-state index contributed by atoms with van der Waals surface area (Å²) in [6.45, 7) is 11.7. The highest BCUT2D eigenvalue weighted by atomic mass is 32.1. The van der Waals surface area contributed by atoms with Crippen molar-refractivity contribution >= 4 is 23.2 Å². The maximum Gasteiger partial charge on any atom is 0.242 e. The van der Waals surface area contributed by atoms with E-state index in [1.165, 1.54) is 21.6 Å². The molecule has 0 bridgehead atoms. The molecule has 0 saturated carbocycles. The molecule has 0 fully saturated rings. The number of carbonyl (C=O) groups is 2. The van der Waals surface area contributed by atoms with Crippen molar-refractivity contribution in [2.24, 2.45) is 11.8 Å². The fraction of sp³-hybridized carbons (Fsp3) is 0.520. The molecule has 30 heavy (non-hydrogen) atoms. The van der Waals surface area contributed by atoms with Crippen molar-refractivity contribution in [3.63, 3.8) is 0 Å². The van der Waals surface area contributed by atoms with Gasteiger partial charge >= 0.3 is 0 Å². The first kappa shape index (κ1) is 22.5. The van der Waals surface area contributed by atoms with Gasteiger partial charge < -0.3 is 9.80 Å². The number of aryl methyl sites for hydroxylation is 1. The monoisotopic (exact) mass is 426 g/mol. The zero-order valence-corrected chi connectivity index (χ0v) is 19.7. The molecule has 0 radical (unpaired) electrons. The van der Waals surface area contributed by atoms with Gasteiger partial charge in [-0.3, -0.25) is 9.59 Å². The average Bonchev–Trinajstić information content (AvgIpc) is 3.19. The molecule has 2 heterocycles. The van der Waals surface area contributed by atoms with Gasteiger partial charge in [-0.15, -0.1) is 11.3 Å². The molecule has 0 saturated heterocycles. The lowest BCUT2D eigenvalue weighted by Gasteiger charge is -2.38. The van der Waals surface area contributed by atoms with E-state index in [9.17, 15) is 9.59 Å². The van der Waals surface area contributed by atoms with Crippen LogP contribution in [0.25, 0.3) is 0 Å². The molecule has 2 aromatic rings. The summed E-state index contributed by atoms with van der Waals surface area (Å²) < 4.78 is 0. The van der Waals surface area contributed by atoms with Crippen molar-refractivity contribution in [3.8, 4) is 0 Å². The zero-order chi connectivity index (χ0) is 21.8. The first-order valence-corrected chi connectivity index (χ1v) is 11.9. The van der Waals surface area contributed by atoms with Crippen LogP contribution in [0.1, 0.15) is 61.7 Å². The van der Waals surface area contributed by atoms with E-state index in [-0.39, 0.29) is 30.3 Å². The Hall–Kier alpha value is -2.14. The lowest BCUT2D eigenvalue weighted by molar-refractivity contribution is -0.143. The summed E-state index contributed by atoms with van der Waals surface area (Å²) in [5, 5.41) is 2.13. The molecule has 3 rings (SSSR count). The molecule has 0 spiro atoms. The second-order valence-electron chi connectivity index (χ2n) is 8.99. The largest absolute Gasteiger partial charge is 0.333 e. The standard InChI is InChI=1S/C25H34N2O2S/c1-17(2)10-13-26(25(29)18(3)4)16-23(28)27-14-11-22-21(12-15-30-22)24(27)20-9-7-6-8-19(20)5/h6-9,12,15,17-18,24H,10-11,13-14,16H2,1-5H3. The molecule has 0 aliphatic carbocycles. The predicted molar refractivity (Wildman–Crippen MR) is 124 cm³/mol. The minimum Gasteiger partial charge on any atom is -0.333 e. The molecule has 162 valence electrons. The van der Waals surface area contributed by atoms with E-state index in [1.807, 2.05) is 30.9 Å². The smallest absolute Gasteiger partial charge is 0.242 e. The van der Waals surface area contributed by atoms with Crippen LogP contribution in [0, 0.1) is 18.8 Å². The number of nitrogens with zero attached hydrogens (tertiary/aromatic N) is 2. The molecule has 1 aliphatic heterocycles. The second kappa shape index (κ2) is 9.78. The molecule has 4 nitrogen and oxygen atoms in total. The van der Waals surface area contributed by atoms with E-state index >= 15 is 0 Å². The Morgan fingerprint density at radius 2 is 1.87 bits per heavy atom. The first-order chi connectivity index (χ1) is 14.3. The van der Waals surface area contributed by atoms with Gasteiger partial charge in [0.2, 0.25) is 11.8 Å². The minimum absolute atomic E-state index is 0.0397. The van der Waals surface area contributed by atoms with E-state index in [0.29, 0.717) is 19.0 Å². The van der Waals surface area contributed by atoms with Gasteiger partial charge in [-0.05, 0) is 53.8 Å². The van der Waals surface area contributed by atoms with Crippen LogP contribution < -0.4 is 0 Å². The third kappa shape index (κ3) is 4.94. The number of fused-ring (bicyclic) bond motifs is 1. The van der Waals surface area contributed by atoms with Crippen molar-refractivity contribution in [3.05, 3.63) is 57.3 Å². The van der Waals surface area contributed by atoms with Crippen molar-refractivity contribution in [2.45, 2.75) is 53.5 Å². The maximum absolute atomic E-state index is 13.5. The van der Waals surface area contributed by atoms with Gasteiger partial charge in [-0.2, -0.15) is 0 Å². The van der Waals surface area contributed by atoms with Crippen LogP contribution in [0.4, 0.5) is 0 Å². The SMILES string of the molecule is Cc1ccccc1C1c2ccsc2CCN1C(=O)CN(CCC(C)C)C(=O)C(C)C. The summed E-state index contributed by atoms with van der Waals surface area (Å²) in [6, 6.07) is 10.4. The van der Waals surface area contributed by atoms with Gasteiger partial charge in [0.15, 0.2) is 0 Å². The topological polar surface area (TPSA) is 40.6 Å². The number of hydrogen-bond acceptors (Lipinski definition) is 3. The quantitative estimate of drug-likeness (QED) is 0.621. The van der Waals surface area contributed by atoms with Crippen LogP contribution >= 0.6 is 11.3 Å². The van der Waals surface area contributed by atoms with E-state index in [0.717, 1.165) is 12.8 Å². The first-order valence-electron chi connectivity index (χ1n) is 11.0. The maximum atomic E-state index is 13.5. The molecule has 2 amide bonds. The van der Waals surface area contributed by atoms with E-state index in [2.05, 4.69) is 44.4 Å². The van der Waals surface area contributed by atoms with Crippen LogP contribution in [0.5, 0.6) is 0 Å². The molecule has 1 aliphatic rings.